The van der Waals surface area contributed by atoms with E-state index < -0.39 is 0 Å². The van der Waals surface area contributed by atoms with Crippen LogP contribution in [-0.2, 0) is 4.79 Å². The minimum absolute atomic E-state index is 0.0252. The number of imidazole rings is 1. The normalized spacial score (nSPS) is 15.1. The summed E-state index contributed by atoms with van der Waals surface area (Å²) in [6.07, 6.45) is 1.26. The molecule has 1 fully saturated rings. The predicted octanol–water partition coefficient (Wildman–Crippen LogP) is 3.71. The molecule has 0 bridgehead atoms. The lowest BCUT2D eigenvalue weighted by molar-refractivity contribution is -0.121. The minimum atomic E-state index is -0.132. The predicted molar refractivity (Wildman–Crippen MR) is 105 cm³/mol. The van der Waals surface area contributed by atoms with Gasteiger partial charge >= 0.3 is 0 Å². The molecule has 0 saturated carbocycles. The van der Waals surface area contributed by atoms with Crippen molar-refractivity contribution in [2.75, 3.05) is 18.4 Å². The van der Waals surface area contributed by atoms with Gasteiger partial charge in [0.25, 0.3) is 5.91 Å². The number of para-hydroxylation sites is 2. The van der Waals surface area contributed by atoms with Crippen LogP contribution in [0.25, 0.3) is 11.0 Å². The smallest absolute Gasteiger partial charge is 0.253 e. The number of H-pyrrole nitrogens is 1. The van der Waals surface area contributed by atoms with Gasteiger partial charge in [-0.1, -0.05) is 23.7 Å². The van der Waals surface area contributed by atoms with Gasteiger partial charge in [0.15, 0.2) is 0 Å². The summed E-state index contributed by atoms with van der Waals surface area (Å²) in [5, 5.41) is 3.46. The molecule has 0 aliphatic carbocycles. The number of piperidine rings is 1. The number of anilines is 1. The molecule has 4 rings (SSSR count). The second kappa shape index (κ2) is 7.40. The zero-order valence-electron chi connectivity index (χ0n) is 14.6. The van der Waals surface area contributed by atoms with Gasteiger partial charge in [-0.05, 0) is 49.2 Å². The SMILES string of the molecule is O=C(Nc1nc2ccccc2[nH]1)C1CCN(C(=O)c2ccc(Cl)cc2)CC1. The third-order valence-electron chi connectivity index (χ3n) is 4.88. The Balaban J connectivity index is 1.35. The molecule has 2 heterocycles. The second-order valence-corrected chi connectivity index (χ2v) is 7.10. The summed E-state index contributed by atoms with van der Waals surface area (Å²) in [4.78, 5) is 34.3. The first-order chi connectivity index (χ1) is 13.1. The number of nitrogens with zero attached hydrogens (tertiary/aromatic N) is 2. The Morgan fingerprint density at radius 3 is 2.48 bits per heavy atom. The highest BCUT2D eigenvalue weighted by Crippen LogP contribution is 2.22. The number of hydrogen-bond acceptors (Lipinski definition) is 3. The van der Waals surface area contributed by atoms with Crippen LogP contribution in [0.5, 0.6) is 0 Å². The monoisotopic (exact) mass is 382 g/mol. The minimum Gasteiger partial charge on any atom is -0.339 e. The lowest BCUT2D eigenvalue weighted by Gasteiger charge is -2.31. The van der Waals surface area contributed by atoms with Crippen LogP contribution in [0.4, 0.5) is 5.95 Å². The summed E-state index contributed by atoms with van der Waals surface area (Å²) in [5.74, 6) is 0.240. The van der Waals surface area contributed by atoms with Crippen LogP contribution in [-0.4, -0.2) is 39.8 Å². The van der Waals surface area contributed by atoms with Crippen molar-refractivity contribution in [2.24, 2.45) is 5.92 Å². The molecule has 6 nitrogen and oxygen atoms in total. The molecule has 138 valence electrons. The van der Waals surface area contributed by atoms with Crippen molar-refractivity contribution in [1.82, 2.24) is 14.9 Å². The molecule has 27 heavy (non-hydrogen) atoms. The lowest BCUT2D eigenvalue weighted by Crippen LogP contribution is -2.41. The third-order valence-corrected chi connectivity index (χ3v) is 5.13. The van der Waals surface area contributed by atoms with Crippen LogP contribution in [0.1, 0.15) is 23.2 Å². The van der Waals surface area contributed by atoms with E-state index in [1.165, 1.54) is 0 Å². The summed E-state index contributed by atoms with van der Waals surface area (Å²) in [6.45, 7) is 1.11. The molecule has 0 spiro atoms. The first-order valence-electron chi connectivity index (χ1n) is 8.90. The summed E-state index contributed by atoms with van der Waals surface area (Å²) in [5.41, 5.74) is 2.32. The highest BCUT2D eigenvalue weighted by Gasteiger charge is 2.28. The second-order valence-electron chi connectivity index (χ2n) is 6.67. The standard InChI is InChI=1S/C20H19ClN4O2/c21-15-7-5-14(6-8-15)19(27)25-11-9-13(10-12-25)18(26)24-20-22-16-3-1-2-4-17(16)23-20/h1-8,13H,9-12H2,(H2,22,23,24,26). The first kappa shape index (κ1) is 17.5. The third kappa shape index (κ3) is 3.80. The fraction of sp³-hybridized carbons (Fsp3) is 0.250. The van der Waals surface area contributed by atoms with Crippen molar-refractivity contribution in [3.63, 3.8) is 0 Å². The Hall–Kier alpha value is -2.86. The van der Waals surface area contributed by atoms with Crippen LogP contribution in [0.2, 0.25) is 5.02 Å². The molecule has 7 heteroatoms. The van der Waals surface area contributed by atoms with E-state index in [2.05, 4.69) is 15.3 Å². The molecule has 2 aromatic carbocycles. The van der Waals surface area contributed by atoms with Crippen molar-refractivity contribution < 1.29 is 9.59 Å². The topological polar surface area (TPSA) is 78.1 Å². The van der Waals surface area contributed by atoms with Gasteiger partial charge in [-0.3, -0.25) is 14.9 Å². The number of halogens is 1. The Morgan fingerprint density at radius 2 is 1.78 bits per heavy atom. The molecule has 2 N–H and O–H groups in total. The molecular weight excluding hydrogens is 364 g/mol. The van der Waals surface area contributed by atoms with Gasteiger partial charge in [-0.2, -0.15) is 0 Å². The Morgan fingerprint density at radius 1 is 1.07 bits per heavy atom. The van der Waals surface area contributed by atoms with Gasteiger partial charge in [-0.25, -0.2) is 4.98 Å². The maximum Gasteiger partial charge on any atom is 0.253 e. The quantitative estimate of drug-likeness (QED) is 0.724. The van der Waals surface area contributed by atoms with E-state index in [4.69, 9.17) is 11.6 Å². The maximum atomic E-state index is 12.5. The van der Waals surface area contributed by atoms with Gasteiger partial charge < -0.3 is 9.88 Å². The van der Waals surface area contributed by atoms with Crippen LogP contribution >= 0.6 is 11.6 Å². The molecule has 3 aromatic rings. The van der Waals surface area contributed by atoms with Gasteiger partial charge in [0.2, 0.25) is 11.9 Å². The number of likely N-dealkylation sites (tertiary alicyclic amines) is 1. The number of rotatable bonds is 3. The van der Waals surface area contributed by atoms with E-state index in [1.807, 2.05) is 24.3 Å². The fourth-order valence-electron chi connectivity index (χ4n) is 3.35. The van der Waals surface area contributed by atoms with Crippen LogP contribution in [0, 0.1) is 5.92 Å². The van der Waals surface area contributed by atoms with Crippen molar-refractivity contribution in [1.29, 1.82) is 0 Å². The van der Waals surface area contributed by atoms with E-state index in [0.29, 0.717) is 42.5 Å². The molecule has 0 atom stereocenters. The van der Waals surface area contributed by atoms with Crippen LogP contribution < -0.4 is 5.32 Å². The van der Waals surface area contributed by atoms with Crippen molar-refractivity contribution in [2.45, 2.75) is 12.8 Å². The van der Waals surface area contributed by atoms with E-state index in [-0.39, 0.29) is 17.7 Å². The Labute approximate surface area is 161 Å². The lowest BCUT2D eigenvalue weighted by atomic mass is 9.95. The number of benzene rings is 2. The molecular formula is C20H19ClN4O2. The van der Waals surface area contributed by atoms with Crippen molar-refractivity contribution >= 4 is 40.4 Å². The van der Waals surface area contributed by atoms with Crippen molar-refractivity contribution in [3.8, 4) is 0 Å². The zero-order valence-corrected chi connectivity index (χ0v) is 15.4. The molecule has 1 aromatic heterocycles. The molecule has 1 aliphatic heterocycles. The molecule has 2 amide bonds. The number of amides is 2. The largest absolute Gasteiger partial charge is 0.339 e. The van der Waals surface area contributed by atoms with E-state index in [0.717, 1.165) is 11.0 Å². The summed E-state index contributed by atoms with van der Waals surface area (Å²) < 4.78 is 0. The van der Waals surface area contributed by atoms with E-state index >= 15 is 0 Å². The molecule has 1 saturated heterocycles. The number of aromatic amines is 1. The number of nitrogens with one attached hydrogen (secondary N) is 2. The van der Waals surface area contributed by atoms with E-state index in [9.17, 15) is 9.59 Å². The average Bonchev–Trinajstić information content (AvgIpc) is 3.10. The first-order valence-corrected chi connectivity index (χ1v) is 9.28. The maximum absolute atomic E-state index is 12.5. The van der Waals surface area contributed by atoms with Gasteiger partial charge in [0.05, 0.1) is 11.0 Å². The van der Waals surface area contributed by atoms with Gasteiger partial charge in [-0.15, -0.1) is 0 Å². The van der Waals surface area contributed by atoms with Gasteiger partial charge in [0, 0.05) is 29.6 Å². The Kier molecular flexibility index (Phi) is 4.81. The average molecular weight is 383 g/mol. The number of hydrogen-bond donors (Lipinski definition) is 2. The summed E-state index contributed by atoms with van der Waals surface area (Å²) in [6, 6.07) is 14.5. The van der Waals surface area contributed by atoms with Crippen LogP contribution in [0.15, 0.2) is 48.5 Å². The number of carbonyl (C=O) groups is 2. The molecule has 0 unspecified atom stereocenters. The van der Waals surface area contributed by atoms with E-state index in [1.54, 1.807) is 29.2 Å². The summed E-state index contributed by atoms with van der Waals surface area (Å²) in [7, 11) is 0. The van der Waals surface area contributed by atoms with Crippen molar-refractivity contribution in [3.05, 3.63) is 59.1 Å². The molecule has 1 aliphatic rings. The Bertz CT molecular complexity index is 942. The summed E-state index contributed by atoms with van der Waals surface area (Å²) >= 11 is 5.87. The van der Waals surface area contributed by atoms with Crippen LogP contribution in [0.3, 0.4) is 0 Å². The number of carbonyl (C=O) groups excluding carboxylic acids is 2. The zero-order chi connectivity index (χ0) is 18.8. The van der Waals surface area contributed by atoms with Gasteiger partial charge in [0.1, 0.15) is 0 Å². The highest BCUT2D eigenvalue weighted by atomic mass is 35.5. The highest BCUT2D eigenvalue weighted by molar-refractivity contribution is 6.30. The number of aromatic nitrogens is 2. The fourth-order valence-corrected chi connectivity index (χ4v) is 3.48. The molecule has 0 radical (unpaired) electrons. The number of fused-ring (bicyclic) bond motifs is 1.